The Bertz CT molecular complexity index is 1360. The zero-order valence-corrected chi connectivity index (χ0v) is 25.4. The van der Waals surface area contributed by atoms with Crippen LogP contribution >= 0.6 is 0 Å². The van der Waals surface area contributed by atoms with Crippen LogP contribution in [0, 0.1) is 0 Å². The molecule has 0 spiro atoms. The maximum Gasteiger partial charge on any atom is 0.246 e. The van der Waals surface area contributed by atoms with Crippen molar-refractivity contribution < 1.29 is 29.1 Å². The van der Waals surface area contributed by atoms with Crippen molar-refractivity contribution in [2.24, 2.45) is 0 Å². The van der Waals surface area contributed by atoms with Gasteiger partial charge in [-0.05, 0) is 62.3 Å². The molecule has 2 aliphatic rings. The predicted octanol–water partition coefficient (Wildman–Crippen LogP) is 2.54. The number of aliphatic hydroxyl groups is 1. The van der Waals surface area contributed by atoms with Gasteiger partial charge in [0.25, 0.3) is 0 Å². The van der Waals surface area contributed by atoms with Gasteiger partial charge in [-0.25, -0.2) is 0 Å². The monoisotopic (exact) mass is 592 g/mol. The molecule has 2 aliphatic heterocycles. The normalized spacial score (nSPS) is 25.7. The second kappa shape index (κ2) is 14.1. The molecule has 0 saturated carbocycles. The number of amides is 4. The molecule has 4 N–H and O–H groups in total. The smallest absolute Gasteiger partial charge is 0.246 e. The van der Waals surface area contributed by atoms with E-state index in [-0.39, 0.29) is 36.9 Å². The van der Waals surface area contributed by atoms with Gasteiger partial charge in [-0.1, -0.05) is 62.2 Å². The van der Waals surface area contributed by atoms with Crippen molar-refractivity contribution in [2.75, 3.05) is 6.54 Å². The molecule has 10 heteroatoms. The molecule has 0 aromatic heterocycles. The Balaban J connectivity index is 1.56. The average Bonchev–Trinajstić information content (AvgIpc) is 3.49. The number of nitrogens with zero attached hydrogens (tertiary/aromatic N) is 1. The van der Waals surface area contributed by atoms with Crippen LogP contribution in [0.1, 0.15) is 77.7 Å². The Hall–Kier alpha value is -3.79. The van der Waals surface area contributed by atoms with E-state index in [0.29, 0.717) is 45.1 Å². The summed E-state index contributed by atoms with van der Waals surface area (Å²) in [7, 11) is 0. The van der Waals surface area contributed by atoms with Gasteiger partial charge in [-0.3, -0.25) is 24.0 Å². The number of aliphatic hydroxyl groups excluding tert-OH is 1. The third-order valence-corrected chi connectivity index (χ3v) is 8.82. The van der Waals surface area contributed by atoms with Crippen molar-refractivity contribution in [2.45, 2.75) is 108 Å². The van der Waals surface area contributed by atoms with Gasteiger partial charge in [0.05, 0.1) is 0 Å². The summed E-state index contributed by atoms with van der Waals surface area (Å²) in [5.74, 6) is -1.85. The van der Waals surface area contributed by atoms with Gasteiger partial charge in [0.2, 0.25) is 23.6 Å². The summed E-state index contributed by atoms with van der Waals surface area (Å²) < 4.78 is 0. The number of carbonyl (C=O) groups excluding carboxylic acids is 5. The number of hydrogen-bond donors (Lipinski definition) is 4. The first-order valence-corrected chi connectivity index (χ1v) is 15.4. The fraction of sp³-hybridized carbons (Fsp3) is 0.545. The lowest BCUT2D eigenvalue weighted by Crippen LogP contribution is -2.65. The van der Waals surface area contributed by atoms with E-state index in [2.05, 4.69) is 16.0 Å². The highest BCUT2D eigenvalue weighted by Gasteiger charge is 2.43. The van der Waals surface area contributed by atoms with Crippen LogP contribution in [-0.2, 0) is 30.4 Å². The van der Waals surface area contributed by atoms with E-state index < -0.39 is 41.6 Å². The highest BCUT2D eigenvalue weighted by atomic mass is 16.3. The number of benzene rings is 2. The fourth-order valence-corrected chi connectivity index (χ4v) is 5.86. The van der Waals surface area contributed by atoms with E-state index in [4.69, 9.17) is 0 Å². The number of rotatable bonds is 10. The topological polar surface area (TPSA) is 145 Å². The zero-order valence-electron chi connectivity index (χ0n) is 25.4. The number of hydrogen-bond acceptors (Lipinski definition) is 6. The molecule has 232 valence electrons. The Kier molecular flexibility index (Phi) is 10.6. The quantitative estimate of drug-likeness (QED) is 0.312. The average molecular weight is 593 g/mol. The van der Waals surface area contributed by atoms with Crippen LogP contribution in [0.2, 0.25) is 0 Å². The van der Waals surface area contributed by atoms with E-state index in [1.54, 1.807) is 18.7 Å². The van der Waals surface area contributed by atoms with Crippen LogP contribution in [0.5, 0.6) is 0 Å². The molecule has 4 amide bonds. The lowest BCUT2D eigenvalue weighted by Gasteiger charge is -2.36. The minimum absolute atomic E-state index is 0.230. The van der Waals surface area contributed by atoms with Gasteiger partial charge in [0.1, 0.15) is 29.8 Å². The summed E-state index contributed by atoms with van der Waals surface area (Å²) in [5.41, 5.74) is -0.433. The molecule has 0 bridgehead atoms. The largest absolute Gasteiger partial charge is 0.386 e. The number of nitrogens with one attached hydrogen (secondary N) is 3. The molecule has 4 rings (SSSR count). The van der Waals surface area contributed by atoms with Crippen LogP contribution in [0.3, 0.4) is 0 Å². The molecular formula is C33H44N4O6. The van der Waals surface area contributed by atoms with Crippen LogP contribution in [0.25, 0.3) is 10.8 Å². The molecule has 0 aliphatic carbocycles. The second-order valence-electron chi connectivity index (χ2n) is 12.1. The lowest BCUT2D eigenvalue weighted by atomic mass is 9.94. The van der Waals surface area contributed by atoms with Crippen molar-refractivity contribution in [1.82, 2.24) is 20.9 Å². The number of unbranched alkanes of at least 4 members (excludes halogenated alkanes) is 2. The summed E-state index contributed by atoms with van der Waals surface area (Å²) in [6.07, 6.45) is 2.93. The molecule has 0 unspecified atom stereocenters. The lowest BCUT2D eigenvalue weighted by molar-refractivity contribution is -0.144. The minimum Gasteiger partial charge on any atom is -0.386 e. The van der Waals surface area contributed by atoms with E-state index in [0.717, 1.165) is 16.3 Å². The van der Waals surface area contributed by atoms with Gasteiger partial charge in [-0.2, -0.15) is 0 Å². The maximum atomic E-state index is 14.0. The summed E-state index contributed by atoms with van der Waals surface area (Å²) in [5, 5.41) is 20.2. The summed E-state index contributed by atoms with van der Waals surface area (Å²) in [6, 6.07) is 11.3. The number of fused-ring (bicyclic) bond motifs is 2. The van der Waals surface area contributed by atoms with Crippen molar-refractivity contribution in [3.63, 3.8) is 0 Å². The van der Waals surface area contributed by atoms with Gasteiger partial charge >= 0.3 is 0 Å². The van der Waals surface area contributed by atoms with Crippen LogP contribution in [0.15, 0.2) is 42.5 Å². The SMILES string of the molecule is CC[C@]1(C)NC(=O)[C@H](CCCCCC(=O)[C@@H](C)O)NC(=O)[C@H]2CCCN2C(=O)[C@H](Cc2ccc3ccccc3c2)NC1=O. The molecule has 2 fully saturated rings. The summed E-state index contributed by atoms with van der Waals surface area (Å²) in [6.45, 7) is 5.24. The molecule has 2 aromatic carbocycles. The van der Waals surface area contributed by atoms with Crippen molar-refractivity contribution >= 4 is 40.2 Å². The molecule has 10 nitrogen and oxygen atoms in total. The third kappa shape index (κ3) is 7.79. The van der Waals surface area contributed by atoms with E-state index in [1.165, 1.54) is 6.92 Å². The van der Waals surface area contributed by atoms with E-state index >= 15 is 0 Å². The van der Waals surface area contributed by atoms with Crippen LogP contribution in [0.4, 0.5) is 0 Å². The first-order chi connectivity index (χ1) is 20.5. The van der Waals surface area contributed by atoms with Gasteiger partial charge < -0.3 is 26.0 Å². The summed E-state index contributed by atoms with van der Waals surface area (Å²) in [4.78, 5) is 68.1. The summed E-state index contributed by atoms with van der Waals surface area (Å²) >= 11 is 0. The number of Topliss-reactive ketones (excluding diaryl/α,β-unsaturated/α-hetero) is 1. The van der Waals surface area contributed by atoms with Crippen molar-refractivity contribution in [3.8, 4) is 0 Å². The molecule has 2 heterocycles. The molecule has 5 atom stereocenters. The highest BCUT2D eigenvalue weighted by Crippen LogP contribution is 2.23. The van der Waals surface area contributed by atoms with Gasteiger partial charge in [0.15, 0.2) is 5.78 Å². The first-order valence-electron chi connectivity index (χ1n) is 15.4. The third-order valence-electron chi connectivity index (χ3n) is 8.82. The Morgan fingerprint density at radius 2 is 1.74 bits per heavy atom. The van der Waals surface area contributed by atoms with E-state index in [1.807, 2.05) is 42.5 Å². The molecule has 0 radical (unpaired) electrons. The Labute approximate surface area is 253 Å². The Morgan fingerprint density at radius 3 is 2.47 bits per heavy atom. The fourth-order valence-electron chi connectivity index (χ4n) is 5.86. The predicted molar refractivity (Wildman–Crippen MR) is 163 cm³/mol. The molecular weight excluding hydrogens is 548 g/mol. The van der Waals surface area contributed by atoms with Crippen molar-refractivity contribution in [3.05, 3.63) is 48.0 Å². The first kappa shape index (κ1) is 32.1. The van der Waals surface area contributed by atoms with Gasteiger partial charge in [0, 0.05) is 19.4 Å². The highest BCUT2D eigenvalue weighted by molar-refractivity contribution is 5.99. The van der Waals surface area contributed by atoms with Crippen LogP contribution < -0.4 is 16.0 Å². The zero-order chi connectivity index (χ0) is 31.1. The number of carbonyl (C=O) groups is 5. The standard InChI is InChI=1S/C33H44N4O6/c1-4-33(3)32(43)35-26(20-22-16-17-23-11-8-9-12-24(23)19-22)31(42)37-18-10-14-27(37)30(41)34-25(29(40)36-33)13-6-5-7-15-28(39)21(2)38/h8-9,11-12,16-17,19,21,25-27,38H,4-7,10,13-15,18,20H2,1-3H3,(H,34,41)(H,35,43)(H,36,40)/t21-,25+,26+,27-,33+/m1/s1. The van der Waals surface area contributed by atoms with Gasteiger partial charge in [-0.15, -0.1) is 0 Å². The van der Waals surface area contributed by atoms with E-state index in [9.17, 15) is 29.1 Å². The number of ketones is 1. The second-order valence-corrected chi connectivity index (χ2v) is 12.1. The molecule has 2 aromatic rings. The maximum absolute atomic E-state index is 14.0. The minimum atomic E-state index is -1.31. The van der Waals surface area contributed by atoms with Crippen LogP contribution in [-0.4, -0.2) is 75.7 Å². The molecule has 43 heavy (non-hydrogen) atoms. The Morgan fingerprint density at radius 1 is 1.00 bits per heavy atom. The van der Waals surface area contributed by atoms with Crippen molar-refractivity contribution in [1.29, 1.82) is 0 Å². The molecule has 2 saturated heterocycles.